The molecule has 2 aromatic rings. The summed E-state index contributed by atoms with van der Waals surface area (Å²) in [7, 11) is 0. The molecule has 0 bridgehead atoms. The van der Waals surface area contributed by atoms with Crippen molar-refractivity contribution < 1.29 is 4.79 Å². The molecule has 0 saturated carbocycles. The summed E-state index contributed by atoms with van der Waals surface area (Å²) in [4.78, 5) is 12.3. The summed E-state index contributed by atoms with van der Waals surface area (Å²) in [5.74, 6) is -0.276. The van der Waals surface area contributed by atoms with Crippen molar-refractivity contribution in [3.63, 3.8) is 0 Å². The third kappa shape index (κ3) is 2.72. The van der Waals surface area contributed by atoms with E-state index in [9.17, 15) is 4.79 Å². The van der Waals surface area contributed by atoms with Gasteiger partial charge in [0.1, 0.15) is 4.88 Å². The van der Waals surface area contributed by atoms with E-state index in [-0.39, 0.29) is 5.91 Å². The molecule has 88 valence electrons. The first kappa shape index (κ1) is 12.2. The molecule has 0 radical (unpaired) electrons. The average Bonchev–Trinajstić information content (AvgIpc) is 2.68. The van der Waals surface area contributed by atoms with Crippen LogP contribution in [0.2, 0.25) is 10.0 Å². The molecule has 0 aliphatic heterocycles. The molecule has 2 rings (SSSR count). The Morgan fingerprint density at radius 3 is 2.65 bits per heavy atom. The number of anilines is 2. The van der Waals surface area contributed by atoms with Gasteiger partial charge in [-0.15, -0.1) is 11.3 Å². The van der Waals surface area contributed by atoms with E-state index in [0.29, 0.717) is 26.3 Å². The maximum atomic E-state index is 11.9. The van der Waals surface area contributed by atoms with Gasteiger partial charge in [0.25, 0.3) is 5.91 Å². The predicted molar refractivity (Wildman–Crippen MR) is 73.1 cm³/mol. The van der Waals surface area contributed by atoms with Crippen LogP contribution in [0.15, 0.2) is 29.6 Å². The highest BCUT2D eigenvalue weighted by atomic mass is 35.5. The predicted octanol–water partition coefficient (Wildman–Crippen LogP) is 3.89. The number of hydrogen-bond acceptors (Lipinski definition) is 3. The Morgan fingerprint density at radius 1 is 1.29 bits per heavy atom. The van der Waals surface area contributed by atoms with Crippen molar-refractivity contribution in [2.75, 3.05) is 11.1 Å². The molecule has 0 unspecified atom stereocenters. The number of rotatable bonds is 2. The van der Waals surface area contributed by atoms with Gasteiger partial charge < -0.3 is 11.1 Å². The van der Waals surface area contributed by atoms with E-state index in [0.717, 1.165) is 0 Å². The lowest BCUT2D eigenvalue weighted by atomic mass is 10.3. The van der Waals surface area contributed by atoms with Crippen LogP contribution in [0.25, 0.3) is 0 Å². The Kier molecular flexibility index (Phi) is 3.57. The summed E-state index contributed by atoms with van der Waals surface area (Å²) in [5.41, 5.74) is 6.62. The van der Waals surface area contributed by atoms with Crippen LogP contribution in [0.1, 0.15) is 9.67 Å². The first-order chi connectivity index (χ1) is 8.08. The second-order valence-electron chi connectivity index (χ2n) is 3.28. The normalized spacial score (nSPS) is 10.2. The largest absolute Gasteiger partial charge is 0.397 e. The SMILES string of the molecule is Nc1ccsc1C(=O)Nc1ccc(Cl)cc1Cl. The highest BCUT2D eigenvalue weighted by Crippen LogP contribution is 2.27. The molecule has 3 N–H and O–H groups in total. The number of hydrogen-bond donors (Lipinski definition) is 2. The number of amides is 1. The van der Waals surface area contributed by atoms with Crippen molar-refractivity contribution in [3.8, 4) is 0 Å². The van der Waals surface area contributed by atoms with Crippen molar-refractivity contribution in [2.24, 2.45) is 0 Å². The Morgan fingerprint density at radius 2 is 2.06 bits per heavy atom. The molecular formula is C11H8Cl2N2OS. The second kappa shape index (κ2) is 4.96. The number of nitrogens with one attached hydrogen (secondary N) is 1. The van der Waals surface area contributed by atoms with Crippen LogP contribution in [0.3, 0.4) is 0 Å². The van der Waals surface area contributed by atoms with Gasteiger partial charge >= 0.3 is 0 Å². The van der Waals surface area contributed by atoms with Gasteiger partial charge in [-0.05, 0) is 29.6 Å². The van der Waals surface area contributed by atoms with E-state index in [2.05, 4.69) is 5.32 Å². The number of halogens is 2. The summed E-state index contributed by atoms with van der Waals surface area (Å²) in [6.45, 7) is 0. The Labute approximate surface area is 112 Å². The quantitative estimate of drug-likeness (QED) is 0.880. The first-order valence-electron chi connectivity index (χ1n) is 4.67. The summed E-state index contributed by atoms with van der Waals surface area (Å²) in [6, 6.07) is 6.55. The maximum Gasteiger partial charge on any atom is 0.267 e. The van der Waals surface area contributed by atoms with Crippen LogP contribution in [-0.2, 0) is 0 Å². The molecule has 0 spiro atoms. The summed E-state index contributed by atoms with van der Waals surface area (Å²) in [6.07, 6.45) is 0. The van der Waals surface area contributed by atoms with Crippen molar-refractivity contribution in [1.29, 1.82) is 0 Å². The molecule has 3 nitrogen and oxygen atoms in total. The monoisotopic (exact) mass is 286 g/mol. The smallest absolute Gasteiger partial charge is 0.267 e. The van der Waals surface area contributed by atoms with E-state index in [4.69, 9.17) is 28.9 Å². The zero-order chi connectivity index (χ0) is 12.4. The van der Waals surface area contributed by atoms with Gasteiger partial charge in [-0.3, -0.25) is 4.79 Å². The fraction of sp³-hybridized carbons (Fsp3) is 0. The molecule has 1 aromatic carbocycles. The maximum absolute atomic E-state index is 11.9. The van der Waals surface area contributed by atoms with Crippen LogP contribution in [-0.4, -0.2) is 5.91 Å². The van der Waals surface area contributed by atoms with Gasteiger partial charge in [0.15, 0.2) is 0 Å². The second-order valence-corrected chi connectivity index (χ2v) is 5.04. The van der Waals surface area contributed by atoms with Gasteiger partial charge in [0, 0.05) is 5.02 Å². The molecule has 1 aromatic heterocycles. The number of thiophene rings is 1. The Bertz CT molecular complexity index is 568. The third-order valence-corrected chi connectivity index (χ3v) is 3.56. The molecule has 6 heteroatoms. The van der Waals surface area contributed by atoms with Crippen LogP contribution < -0.4 is 11.1 Å². The molecule has 0 aliphatic rings. The van der Waals surface area contributed by atoms with Crippen molar-refractivity contribution in [3.05, 3.63) is 44.6 Å². The van der Waals surface area contributed by atoms with Gasteiger partial charge in [0.05, 0.1) is 16.4 Å². The van der Waals surface area contributed by atoms with Crippen LogP contribution >= 0.6 is 34.5 Å². The summed E-state index contributed by atoms with van der Waals surface area (Å²) in [5, 5.41) is 5.35. The van der Waals surface area contributed by atoms with Crippen molar-refractivity contribution >= 4 is 51.8 Å². The zero-order valence-electron chi connectivity index (χ0n) is 8.54. The molecule has 17 heavy (non-hydrogen) atoms. The molecule has 1 heterocycles. The fourth-order valence-electron chi connectivity index (χ4n) is 1.27. The average molecular weight is 287 g/mol. The molecule has 0 aliphatic carbocycles. The lowest BCUT2D eigenvalue weighted by Crippen LogP contribution is -2.12. The molecular weight excluding hydrogens is 279 g/mol. The standard InChI is InChI=1S/C11H8Cl2N2OS/c12-6-1-2-9(7(13)5-6)15-11(16)10-8(14)3-4-17-10/h1-5H,14H2,(H,15,16). The number of benzene rings is 1. The summed E-state index contributed by atoms with van der Waals surface area (Å²) < 4.78 is 0. The lowest BCUT2D eigenvalue weighted by Gasteiger charge is -2.06. The van der Waals surface area contributed by atoms with E-state index in [1.807, 2.05) is 0 Å². The number of carbonyl (C=O) groups excluding carboxylic acids is 1. The highest BCUT2D eigenvalue weighted by Gasteiger charge is 2.12. The van der Waals surface area contributed by atoms with Gasteiger partial charge in [0.2, 0.25) is 0 Å². The van der Waals surface area contributed by atoms with E-state index >= 15 is 0 Å². The fourth-order valence-corrected chi connectivity index (χ4v) is 2.44. The Hall–Kier alpha value is -1.23. The van der Waals surface area contributed by atoms with Gasteiger partial charge in [-0.25, -0.2) is 0 Å². The molecule has 0 atom stereocenters. The first-order valence-corrected chi connectivity index (χ1v) is 6.31. The van der Waals surface area contributed by atoms with Crippen molar-refractivity contribution in [1.82, 2.24) is 0 Å². The van der Waals surface area contributed by atoms with E-state index in [1.165, 1.54) is 11.3 Å². The van der Waals surface area contributed by atoms with Crippen LogP contribution in [0.5, 0.6) is 0 Å². The third-order valence-electron chi connectivity index (χ3n) is 2.08. The number of carbonyl (C=O) groups is 1. The summed E-state index contributed by atoms with van der Waals surface area (Å²) >= 11 is 13.0. The molecule has 0 fully saturated rings. The topological polar surface area (TPSA) is 55.1 Å². The van der Waals surface area contributed by atoms with Crippen molar-refractivity contribution in [2.45, 2.75) is 0 Å². The van der Waals surface area contributed by atoms with E-state index in [1.54, 1.807) is 29.6 Å². The van der Waals surface area contributed by atoms with Crippen LogP contribution in [0, 0.1) is 0 Å². The minimum atomic E-state index is -0.276. The molecule has 0 saturated heterocycles. The van der Waals surface area contributed by atoms with Gasteiger partial charge in [-0.1, -0.05) is 23.2 Å². The van der Waals surface area contributed by atoms with Gasteiger partial charge in [-0.2, -0.15) is 0 Å². The minimum Gasteiger partial charge on any atom is -0.397 e. The minimum absolute atomic E-state index is 0.276. The zero-order valence-corrected chi connectivity index (χ0v) is 10.9. The lowest BCUT2D eigenvalue weighted by molar-refractivity contribution is 0.103. The van der Waals surface area contributed by atoms with E-state index < -0.39 is 0 Å². The number of nitrogen functional groups attached to an aromatic ring is 1. The molecule has 1 amide bonds. The highest BCUT2D eigenvalue weighted by molar-refractivity contribution is 7.12. The number of nitrogens with two attached hydrogens (primary N) is 1. The van der Waals surface area contributed by atoms with Crippen LogP contribution in [0.4, 0.5) is 11.4 Å². The Balaban J connectivity index is 2.22.